The standard InChI is InChI=1S/C6H5F3N2.H2O4S/c7-3-1-5(9)6(11-10)2-4(3)8;1-5(2,3)4/h1-2,11H,10H2;(H2,1,2,3,4). The Balaban J connectivity index is 0.000000385. The molecule has 0 fully saturated rings. The number of nitrogens with two attached hydrogens (primary N) is 1. The van der Waals surface area contributed by atoms with Crippen molar-refractivity contribution in [3.8, 4) is 0 Å². The van der Waals surface area contributed by atoms with E-state index in [0.29, 0.717) is 12.1 Å². The molecular formula is C6H7F3N2O4S. The van der Waals surface area contributed by atoms with Crippen molar-refractivity contribution < 1.29 is 30.7 Å². The second kappa shape index (κ2) is 5.65. The number of anilines is 1. The summed E-state index contributed by atoms with van der Waals surface area (Å²) in [6.45, 7) is 0. The molecular weight excluding hydrogens is 253 g/mol. The molecule has 0 heterocycles. The van der Waals surface area contributed by atoms with Crippen LogP contribution in [0.5, 0.6) is 0 Å². The first-order chi connectivity index (χ1) is 7.15. The van der Waals surface area contributed by atoms with Gasteiger partial charge in [-0.1, -0.05) is 0 Å². The highest BCUT2D eigenvalue weighted by Gasteiger charge is 2.07. The SMILES string of the molecule is NNc1cc(F)c(F)cc1F.O=S(=O)(O)O. The van der Waals surface area contributed by atoms with E-state index in [0.717, 1.165) is 0 Å². The molecule has 0 aromatic heterocycles. The van der Waals surface area contributed by atoms with Crippen molar-refractivity contribution in [1.29, 1.82) is 0 Å². The minimum atomic E-state index is -4.67. The lowest BCUT2D eigenvalue weighted by molar-refractivity contribution is 0.381. The molecule has 1 rings (SSSR count). The molecule has 0 amide bonds. The lowest BCUT2D eigenvalue weighted by atomic mass is 10.3. The summed E-state index contributed by atoms with van der Waals surface area (Å²) in [6, 6.07) is 1.06. The number of nitrogen functional groups attached to an aromatic ring is 1. The van der Waals surface area contributed by atoms with Crippen molar-refractivity contribution in [2.75, 3.05) is 5.43 Å². The summed E-state index contributed by atoms with van der Waals surface area (Å²) >= 11 is 0. The molecule has 0 unspecified atom stereocenters. The van der Waals surface area contributed by atoms with Gasteiger partial charge < -0.3 is 5.43 Å². The van der Waals surface area contributed by atoms with Gasteiger partial charge in [-0.3, -0.25) is 14.9 Å². The molecule has 0 spiro atoms. The predicted octanol–water partition coefficient (Wildman–Crippen LogP) is 0.737. The number of halogens is 3. The maximum Gasteiger partial charge on any atom is 0.394 e. The van der Waals surface area contributed by atoms with Gasteiger partial charge >= 0.3 is 10.4 Å². The first-order valence-corrected chi connectivity index (χ1v) is 4.86. The Labute approximate surface area is 88.4 Å². The summed E-state index contributed by atoms with van der Waals surface area (Å²) in [4.78, 5) is 0. The van der Waals surface area contributed by atoms with Gasteiger partial charge in [0.05, 0.1) is 5.69 Å². The Morgan fingerprint density at radius 2 is 1.44 bits per heavy atom. The first kappa shape index (κ1) is 14.6. The van der Waals surface area contributed by atoms with Gasteiger partial charge in [0.2, 0.25) is 0 Å². The van der Waals surface area contributed by atoms with Crippen molar-refractivity contribution in [2.24, 2.45) is 5.84 Å². The van der Waals surface area contributed by atoms with Crippen LogP contribution in [0.1, 0.15) is 0 Å². The number of hydrogen-bond donors (Lipinski definition) is 4. The molecule has 0 bridgehead atoms. The quantitative estimate of drug-likeness (QED) is 0.256. The molecule has 0 aliphatic heterocycles. The fourth-order valence-corrected chi connectivity index (χ4v) is 0.633. The molecule has 0 atom stereocenters. The highest BCUT2D eigenvalue weighted by Crippen LogP contribution is 2.16. The molecule has 16 heavy (non-hydrogen) atoms. The molecule has 92 valence electrons. The van der Waals surface area contributed by atoms with Gasteiger partial charge in [-0.05, 0) is 0 Å². The maximum absolute atomic E-state index is 12.5. The Morgan fingerprint density at radius 3 is 1.81 bits per heavy atom. The summed E-state index contributed by atoms with van der Waals surface area (Å²) in [5.74, 6) is 1.49. The predicted molar refractivity (Wildman–Crippen MR) is 48.3 cm³/mol. The van der Waals surface area contributed by atoms with Crippen molar-refractivity contribution in [3.63, 3.8) is 0 Å². The number of hydrazine groups is 1. The summed E-state index contributed by atoms with van der Waals surface area (Å²) in [7, 11) is -4.67. The third kappa shape index (κ3) is 6.19. The minimum absolute atomic E-state index is 0.274. The molecule has 6 nitrogen and oxygen atoms in total. The van der Waals surface area contributed by atoms with Gasteiger partial charge in [-0.25, -0.2) is 13.2 Å². The number of hydrogen-bond acceptors (Lipinski definition) is 4. The van der Waals surface area contributed by atoms with Crippen LogP contribution in [0.25, 0.3) is 0 Å². The third-order valence-electron chi connectivity index (χ3n) is 1.17. The molecule has 5 N–H and O–H groups in total. The lowest BCUT2D eigenvalue weighted by Crippen LogP contribution is -2.09. The molecule has 0 radical (unpaired) electrons. The number of nitrogens with one attached hydrogen (secondary N) is 1. The molecule has 10 heteroatoms. The van der Waals surface area contributed by atoms with E-state index in [9.17, 15) is 13.2 Å². The van der Waals surface area contributed by atoms with E-state index in [-0.39, 0.29) is 5.69 Å². The molecule has 0 aliphatic carbocycles. The summed E-state index contributed by atoms with van der Waals surface area (Å²) in [6.07, 6.45) is 0. The zero-order chi connectivity index (χ0) is 12.9. The molecule has 1 aromatic rings. The van der Waals surface area contributed by atoms with Crippen LogP contribution >= 0.6 is 0 Å². The summed E-state index contributed by atoms with van der Waals surface area (Å²) in [5.41, 5.74) is 1.61. The van der Waals surface area contributed by atoms with Gasteiger partial charge in [0.25, 0.3) is 0 Å². The van der Waals surface area contributed by atoms with E-state index in [1.54, 1.807) is 0 Å². The Kier molecular flexibility index (Phi) is 5.17. The van der Waals surface area contributed by atoms with Gasteiger partial charge in [-0.15, -0.1) is 0 Å². The fraction of sp³-hybridized carbons (Fsp3) is 0. The van der Waals surface area contributed by atoms with E-state index in [4.69, 9.17) is 23.4 Å². The Morgan fingerprint density at radius 1 is 1.06 bits per heavy atom. The van der Waals surface area contributed by atoms with Crippen molar-refractivity contribution >= 4 is 16.1 Å². The van der Waals surface area contributed by atoms with Gasteiger partial charge in [0.15, 0.2) is 17.5 Å². The van der Waals surface area contributed by atoms with Crippen LogP contribution < -0.4 is 11.3 Å². The van der Waals surface area contributed by atoms with Crippen LogP contribution in [0, 0.1) is 17.5 Å². The normalized spacial score (nSPS) is 10.4. The molecule has 1 aromatic carbocycles. The van der Waals surface area contributed by atoms with Crippen LogP contribution in [0.3, 0.4) is 0 Å². The largest absolute Gasteiger partial charge is 0.394 e. The summed E-state index contributed by atoms with van der Waals surface area (Å²) < 4.78 is 68.6. The zero-order valence-corrected chi connectivity index (χ0v) is 8.30. The van der Waals surface area contributed by atoms with Gasteiger partial charge in [0.1, 0.15) is 0 Å². The average molecular weight is 260 g/mol. The van der Waals surface area contributed by atoms with Crippen LogP contribution in [0.2, 0.25) is 0 Å². The Bertz CT molecular complexity index is 457. The topological polar surface area (TPSA) is 113 Å². The monoisotopic (exact) mass is 260 g/mol. The number of benzene rings is 1. The highest BCUT2D eigenvalue weighted by atomic mass is 32.3. The van der Waals surface area contributed by atoms with E-state index in [1.807, 2.05) is 5.43 Å². The first-order valence-electron chi connectivity index (χ1n) is 3.46. The van der Waals surface area contributed by atoms with E-state index >= 15 is 0 Å². The summed E-state index contributed by atoms with van der Waals surface area (Å²) in [5, 5.41) is 0. The molecule has 0 saturated carbocycles. The van der Waals surface area contributed by atoms with E-state index in [2.05, 4.69) is 0 Å². The van der Waals surface area contributed by atoms with Crippen LogP contribution in [-0.4, -0.2) is 17.5 Å². The zero-order valence-electron chi connectivity index (χ0n) is 7.49. The average Bonchev–Trinajstić information content (AvgIpc) is 2.08. The lowest BCUT2D eigenvalue weighted by Gasteiger charge is -2.01. The maximum atomic E-state index is 12.5. The van der Waals surface area contributed by atoms with Crippen molar-refractivity contribution in [2.45, 2.75) is 0 Å². The smallest absolute Gasteiger partial charge is 0.321 e. The molecule has 0 saturated heterocycles. The van der Waals surface area contributed by atoms with Crippen molar-refractivity contribution in [1.82, 2.24) is 0 Å². The van der Waals surface area contributed by atoms with E-state index < -0.39 is 27.9 Å². The fourth-order valence-electron chi connectivity index (χ4n) is 0.633. The second-order valence-electron chi connectivity index (χ2n) is 2.34. The second-order valence-corrected chi connectivity index (χ2v) is 3.23. The molecule has 0 aliphatic rings. The minimum Gasteiger partial charge on any atom is -0.321 e. The third-order valence-corrected chi connectivity index (χ3v) is 1.17. The van der Waals surface area contributed by atoms with Crippen molar-refractivity contribution in [3.05, 3.63) is 29.6 Å². The highest BCUT2D eigenvalue weighted by molar-refractivity contribution is 7.79. The number of rotatable bonds is 1. The van der Waals surface area contributed by atoms with Crippen LogP contribution in [-0.2, 0) is 10.4 Å². The van der Waals surface area contributed by atoms with Crippen LogP contribution in [0.4, 0.5) is 18.9 Å². The Hall–Kier alpha value is -1.36. The van der Waals surface area contributed by atoms with Gasteiger partial charge in [-0.2, -0.15) is 8.42 Å². The van der Waals surface area contributed by atoms with E-state index in [1.165, 1.54) is 0 Å². The van der Waals surface area contributed by atoms with Gasteiger partial charge in [0, 0.05) is 12.1 Å². The van der Waals surface area contributed by atoms with Crippen LogP contribution in [0.15, 0.2) is 12.1 Å².